The normalized spacial score (nSPS) is 40.4. The van der Waals surface area contributed by atoms with Crippen molar-refractivity contribution in [3.05, 3.63) is 29.8 Å². The number of rotatable bonds is 8. The highest BCUT2D eigenvalue weighted by molar-refractivity contribution is 5.83. The largest absolute Gasteiger partial charge is 0.496 e. The summed E-state index contributed by atoms with van der Waals surface area (Å²) in [5, 5.41) is 21.2. The maximum atomic E-state index is 13.7. The van der Waals surface area contributed by atoms with Gasteiger partial charge in [0.2, 0.25) is 0 Å². The zero-order valence-corrected chi connectivity index (χ0v) is 25.1. The molecule has 4 aliphatic carbocycles. The summed E-state index contributed by atoms with van der Waals surface area (Å²) in [6.07, 6.45) is 7.41. The lowest BCUT2D eigenvalue weighted by Crippen LogP contribution is -2.61. The van der Waals surface area contributed by atoms with Gasteiger partial charge in [0, 0.05) is 24.8 Å². The Morgan fingerprint density at radius 2 is 1.70 bits per heavy atom. The molecule has 11 atom stereocenters. The number of esters is 1. The molecule has 1 aromatic rings. The minimum absolute atomic E-state index is 0.0630. The maximum Gasteiger partial charge on any atom is 0.303 e. The van der Waals surface area contributed by atoms with Crippen molar-refractivity contribution in [1.29, 1.82) is 0 Å². The molecule has 1 aromatic carbocycles. The first-order valence-electron chi connectivity index (χ1n) is 15.7. The van der Waals surface area contributed by atoms with E-state index in [1.807, 2.05) is 24.3 Å². The average molecular weight is 555 g/mol. The highest BCUT2D eigenvalue weighted by atomic mass is 16.5. The van der Waals surface area contributed by atoms with E-state index in [2.05, 4.69) is 20.8 Å². The molecule has 0 bridgehead atoms. The Kier molecular flexibility index (Phi) is 8.42. The molecule has 0 heterocycles. The van der Waals surface area contributed by atoms with Crippen molar-refractivity contribution in [2.75, 3.05) is 7.11 Å². The monoisotopic (exact) mass is 554 g/mol. The number of carbonyl (C=O) groups excluding carboxylic acids is 2. The van der Waals surface area contributed by atoms with Gasteiger partial charge < -0.3 is 19.7 Å². The Morgan fingerprint density at radius 1 is 1.00 bits per heavy atom. The average Bonchev–Trinajstić information content (AvgIpc) is 3.28. The first-order valence-corrected chi connectivity index (χ1v) is 15.7. The predicted molar refractivity (Wildman–Crippen MR) is 154 cm³/mol. The second-order valence-corrected chi connectivity index (χ2v) is 14.1. The quantitative estimate of drug-likeness (QED) is 0.368. The van der Waals surface area contributed by atoms with Crippen LogP contribution in [0.2, 0.25) is 0 Å². The third-order valence-corrected chi connectivity index (χ3v) is 12.2. The number of ether oxygens (including phenoxy) is 2. The number of aliphatic hydroxyl groups is 2. The van der Waals surface area contributed by atoms with Crippen LogP contribution in [-0.2, 0) is 14.3 Å². The SMILES string of the molecule is COc1ccccc1C(CCC[C@@H](C)[C@H]1CC[C@H]2[C@@H]3C(=O)C[C@H]4[C@@H](O)[C@@H](O)CC[C@]4(C)[C@H]3CC[C@]12C)OC(C)=O. The zero-order valence-electron chi connectivity index (χ0n) is 25.1. The maximum absolute atomic E-state index is 13.7. The van der Waals surface area contributed by atoms with Crippen LogP contribution in [0.4, 0.5) is 0 Å². The van der Waals surface area contributed by atoms with Crippen LogP contribution in [0.5, 0.6) is 5.75 Å². The minimum atomic E-state index is -0.778. The third-order valence-electron chi connectivity index (χ3n) is 12.2. The molecule has 40 heavy (non-hydrogen) atoms. The molecular weight excluding hydrogens is 504 g/mol. The van der Waals surface area contributed by atoms with E-state index < -0.39 is 12.2 Å². The van der Waals surface area contributed by atoms with Crippen LogP contribution in [0.25, 0.3) is 0 Å². The first kappa shape index (κ1) is 29.6. The van der Waals surface area contributed by atoms with Crippen molar-refractivity contribution in [2.24, 2.45) is 46.3 Å². The van der Waals surface area contributed by atoms with Gasteiger partial charge in [-0.25, -0.2) is 0 Å². The highest BCUT2D eigenvalue weighted by Gasteiger charge is 2.64. The summed E-state index contributed by atoms with van der Waals surface area (Å²) in [5.41, 5.74) is 1.01. The molecule has 2 N–H and O–H groups in total. The minimum Gasteiger partial charge on any atom is -0.496 e. The molecule has 4 fully saturated rings. The molecule has 5 rings (SSSR count). The molecule has 0 saturated heterocycles. The van der Waals surface area contributed by atoms with E-state index in [-0.39, 0.29) is 34.7 Å². The number of hydrogen-bond donors (Lipinski definition) is 2. The summed E-state index contributed by atoms with van der Waals surface area (Å²) in [7, 11) is 1.65. The van der Waals surface area contributed by atoms with Crippen molar-refractivity contribution in [3.63, 3.8) is 0 Å². The standard InChI is InChI=1S/C34H50O6/c1-20(9-8-12-30(40-21(2)35)22-10-6-7-11-29(22)39-5)23-13-14-24-31-25(15-17-33(23,24)3)34(4)18-16-27(36)32(38)26(34)19-28(31)37/h6-7,10-11,20,23-27,30-32,36,38H,8-9,12-19H2,1-5H3/t20-,23-,24+,25+,26+,27+,30?,31+,32-,33-,34-/m1/s1. The summed E-state index contributed by atoms with van der Waals surface area (Å²) >= 11 is 0. The van der Waals surface area contributed by atoms with Crippen LogP contribution in [0.3, 0.4) is 0 Å². The molecule has 0 aromatic heterocycles. The Balaban J connectivity index is 1.26. The lowest BCUT2D eigenvalue weighted by Gasteiger charge is -2.61. The smallest absolute Gasteiger partial charge is 0.303 e. The van der Waals surface area contributed by atoms with Gasteiger partial charge in [-0.3, -0.25) is 9.59 Å². The summed E-state index contributed by atoms with van der Waals surface area (Å²) in [5.74, 6) is 2.62. The van der Waals surface area contributed by atoms with Crippen LogP contribution in [0.15, 0.2) is 24.3 Å². The van der Waals surface area contributed by atoms with Gasteiger partial charge in [0.15, 0.2) is 0 Å². The molecule has 4 saturated carbocycles. The summed E-state index contributed by atoms with van der Waals surface area (Å²) in [6.45, 7) is 8.61. The second-order valence-electron chi connectivity index (χ2n) is 14.1. The molecular formula is C34H50O6. The van der Waals surface area contributed by atoms with E-state index in [9.17, 15) is 19.8 Å². The van der Waals surface area contributed by atoms with Gasteiger partial charge in [-0.2, -0.15) is 0 Å². The Labute approximate surface area is 240 Å². The molecule has 0 aliphatic heterocycles. The fraction of sp³-hybridized carbons (Fsp3) is 0.765. The number of aliphatic hydroxyl groups excluding tert-OH is 2. The van der Waals surface area contributed by atoms with E-state index in [1.54, 1.807) is 7.11 Å². The van der Waals surface area contributed by atoms with Gasteiger partial charge in [0.25, 0.3) is 0 Å². The fourth-order valence-electron chi connectivity index (χ4n) is 10.2. The van der Waals surface area contributed by atoms with Crippen molar-refractivity contribution >= 4 is 11.8 Å². The number of hydrogen-bond acceptors (Lipinski definition) is 6. The van der Waals surface area contributed by atoms with Crippen molar-refractivity contribution in [1.82, 2.24) is 0 Å². The summed E-state index contributed by atoms with van der Waals surface area (Å²) in [4.78, 5) is 25.6. The van der Waals surface area contributed by atoms with E-state index in [0.29, 0.717) is 42.3 Å². The molecule has 0 amide bonds. The fourth-order valence-corrected chi connectivity index (χ4v) is 10.2. The number of Topliss-reactive ketones (excluding diaryl/α,β-unsaturated/α-hetero) is 1. The van der Waals surface area contributed by atoms with Crippen LogP contribution in [0.1, 0.15) is 104 Å². The Bertz CT molecular complexity index is 1090. The molecule has 6 heteroatoms. The Hall–Kier alpha value is -1.92. The molecule has 0 radical (unpaired) electrons. The highest BCUT2D eigenvalue weighted by Crippen LogP contribution is 2.67. The number of methoxy groups -OCH3 is 1. The molecule has 222 valence electrons. The number of ketones is 1. The van der Waals surface area contributed by atoms with Crippen LogP contribution in [-0.4, -0.2) is 41.3 Å². The third kappa shape index (κ3) is 5.02. The predicted octanol–water partition coefficient (Wildman–Crippen LogP) is 6.28. The van der Waals surface area contributed by atoms with Crippen LogP contribution < -0.4 is 4.74 Å². The number of para-hydroxylation sites is 1. The van der Waals surface area contributed by atoms with E-state index >= 15 is 0 Å². The van der Waals surface area contributed by atoms with Gasteiger partial charge in [-0.1, -0.05) is 45.4 Å². The van der Waals surface area contributed by atoms with Gasteiger partial charge in [0.1, 0.15) is 17.6 Å². The molecule has 1 unspecified atom stereocenters. The zero-order chi connectivity index (χ0) is 28.8. The van der Waals surface area contributed by atoms with Gasteiger partial charge >= 0.3 is 5.97 Å². The lowest BCUT2D eigenvalue weighted by molar-refractivity contribution is -0.182. The van der Waals surface area contributed by atoms with Crippen LogP contribution in [0, 0.1) is 46.3 Å². The topological polar surface area (TPSA) is 93.1 Å². The van der Waals surface area contributed by atoms with E-state index in [4.69, 9.17) is 9.47 Å². The Morgan fingerprint density at radius 3 is 2.42 bits per heavy atom. The lowest BCUT2D eigenvalue weighted by atomic mass is 9.43. The van der Waals surface area contributed by atoms with E-state index in [0.717, 1.165) is 56.3 Å². The first-order chi connectivity index (χ1) is 19.0. The van der Waals surface area contributed by atoms with Crippen molar-refractivity contribution in [3.8, 4) is 5.75 Å². The number of carbonyl (C=O) groups is 2. The van der Waals surface area contributed by atoms with Crippen molar-refractivity contribution in [2.45, 2.75) is 110 Å². The molecule has 6 nitrogen and oxygen atoms in total. The number of benzene rings is 1. The second kappa shape index (κ2) is 11.4. The van der Waals surface area contributed by atoms with Gasteiger partial charge in [-0.05, 0) is 97.9 Å². The number of fused-ring (bicyclic) bond motifs is 5. The molecule has 4 aliphatic rings. The van der Waals surface area contributed by atoms with Gasteiger partial charge in [0.05, 0.1) is 19.3 Å². The van der Waals surface area contributed by atoms with Crippen molar-refractivity contribution < 1.29 is 29.3 Å². The van der Waals surface area contributed by atoms with Gasteiger partial charge in [-0.15, -0.1) is 0 Å². The van der Waals surface area contributed by atoms with E-state index in [1.165, 1.54) is 13.3 Å². The van der Waals surface area contributed by atoms with Crippen LogP contribution >= 0.6 is 0 Å². The summed E-state index contributed by atoms with van der Waals surface area (Å²) in [6, 6.07) is 7.78. The summed E-state index contributed by atoms with van der Waals surface area (Å²) < 4.78 is 11.3. The molecule has 0 spiro atoms.